The Labute approximate surface area is 219 Å². The zero-order valence-electron chi connectivity index (χ0n) is 19.6. The molecule has 0 amide bonds. The largest absolute Gasteiger partial charge is 0.481 e. The second-order valence-corrected chi connectivity index (χ2v) is 10.0. The Hall–Kier alpha value is -2.39. The first kappa shape index (κ1) is 25.7. The average Bonchev–Trinajstić information content (AvgIpc) is 3.20. The quantitative estimate of drug-likeness (QED) is 0.334. The lowest BCUT2D eigenvalue weighted by atomic mass is 10.00. The Kier molecular flexibility index (Phi) is 8.49. The summed E-state index contributed by atoms with van der Waals surface area (Å²) in [5.41, 5.74) is 3.06. The van der Waals surface area contributed by atoms with E-state index in [4.69, 9.17) is 28.2 Å². The molecule has 0 unspecified atom stereocenters. The summed E-state index contributed by atoms with van der Waals surface area (Å²) in [4.78, 5) is 18.8. The van der Waals surface area contributed by atoms with E-state index in [1.54, 1.807) is 11.8 Å². The summed E-state index contributed by atoms with van der Waals surface area (Å²) in [5, 5.41) is 20.2. The molecule has 10 heteroatoms. The summed E-state index contributed by atoms with van der Waals surface area (Å²) in [6.45, 7) is 7.21. The van der Waals surface area contributed by atoms with Crippen molar-refractivity contribution in [1.82, 2.24) is 19.7 Å². The molecule has 0 saturated carbocycles. The molecule has 35 heavy (non-hydrogen) atoms. The van der Waals surface area contributed by atoms with Crippen molar-refractivity contribution in [2.45, 2.75) is 37.9 Å². The molecular weight excluding hydrogens is 505 g/mol. The number of carboxylic acids is 1. The Morgan fingerprint density at radius 1 is 1.11 bits per heavy atom. The van der Waals surface area contributed by atoms with Gasteiger partial charge >= 0.3 is 5.97 Å². The van der Waals surface area contributed by atoms with Crippen LogP contribution in [0, 0.1) is 0 Å². The number of aliphatic imine (C=N–C) groups is 1. The van der Waals surface area contributed by atoms with E-state index in [1.165, 1.54) is 0 Å². The first-order chi connectivity index (χ1) is 16.9. The van der Waals surface area contributed by atoms with Crippen LogP contribution in [-0.4, -0.2) is 61.8 Å². The lowest BCUT2D eigenvalue weighted by Gasteiger charge is -2.18. The van der Waals surface area contributed by atoms with Gasteiger partial charge in [0.2, 0.25) is 0 Å². The number of aromatic nitrogens is 3. The van der Waals surface area contributed by atoms with Gasteiger partial charge in [0.1, 0.15) is 6.04 Å². The Balaban J connectivity index is 1.84. The van der Waals surface area contributed by atoms with Gasteiger partial charge in [-0.2, -0.15) is 0 Å². The summed E-state index contributed by atoms with van der Waals surface area (Å²) in [6, 6.07) is 12.6. The number of aliphatic carboxylic acids is 1. The summed E-state index contributed by atoms with van der Waals surface area (Å²) in [5.74, 6) is 0.576. The predicted molar refractivity (Wildman–Crippen MR) is 142 cm³/mol. The van der Waals surface area contributed by atoms with Crippen LogP contribution in [0.15, 0.2) is 52.6 Å². The maximum Gasteiger partial charge on any atom is 0.303 e. The van der Waals surface area contributed by atoms with Crippen LogP contribution in [0.3, 0.4) is 0 Å². The van der Waals surface area contributed by atoms with Crippen LogP contribution in [0.2, 0.25) is 10.0 Å². The number of hydrogen-bond donors (Lipinski definition) is 1. The fraction of sp³-hybridized carbons (Fsp3) is 0.360. The highest BCUT2D eigenvalue weighted by atomic mass is 35.5. The van der Waals surface area contributed by atoms with Crippen LogP contribution in [0.4, 0.5) is 0 Å². The molecule has 1 N–H and O–H groups in total. The Bertz CT molecular complexity index is 1240. The summed E-state index contributed by atoms with van der Waals surface area (Å²) >= 11 is 14.6. The lowest BCUT2D eigenvalue weighted by Crippen LogP contribution is -2.25. The second kappa shape index (κ2) is 11.6. The van der Waals surface area contributed by atoms with Crippen LogP contribution in [0.25, 0.3) is 5.69 Å². The van der Waals surface area contributed by atoms with Crippen LogP contribution in [0.1, 0.15) is 49.7 Å². The fourth-order valence-corrected chi connectivity index (χ4v) is 5.47. The summed E-state index contributed by atoms with van der Waals surface area (Å²) in [7, 11) is 0. The number of fused-ring (bicyclic) bond motifs is 3. The third-order valence-corrected chi connectivity index (χ3v) is 7.46. The number of carboxylic acid groups (broad SMARTS) is 1. The Morgan fingerprint density at radius 3 is 2.60 bits per heavy atom. The summed E-state index contributed by atoms with van der Waals surface area (Å²) in [6.07, 6.45) is 0.242. The van der Waals surface area contributed by atoms with Gasteiger partial charge in [-0.15, -0.1) is 10.2 Å². The molecule has 0 bridgehead atoms. The topological polar surface area (TPSA) is 83.6 Å². The van der Waals surface area contributed by atoms with Crippen molar-refractivity contribution in [2.75, 3.05) is 25.4 Å². The molecule has 0 aliphatic carbocycles. The van der Waals surface area contributed by atoms with E-state index in [1.807, 2.05) is 47.0 Å². The van der Waals surface area contributed by atoms with Crippen LogP contribution >= 0.6 is 35.0 Å². The normalized spacial score (nSPS) is 14.9. The van der Waals surface area contributed by atoms with Gasteiger partial charge in [0.25, 0.3) is 0 Å². The van der Waals surface area contributed by atoms with Crippen LogP contribution in [-0.2, 0) is 4.79 Å². The molecule has 184 valence electrons. The van der Waals surface area contributed by atoms with Crippen molar-refractivity contribution in [3.05, 3.63) is 69.5 Å². The van der Waals surface area contributed by atoms with Crippen molar-refractivity contribution < 1.29 is 9.90 Å². The monoisotopic (exact) mass is 531 g/mol. The highest BCUT2D eigenvalue weighted by Gasteiger charge is 2.30. The highest BCUT2D eigenvalue weighted by molar-refractivity contribution is 7.99. The van der Waals surface area contributed by atoms with Crippen LogP contribution in [0.5, 0.6) is 0 Å². The van der Waals surface area contributed by atoms with E-state index < -0.39 is 12.0 Å². The third kappa shape index (κ3) is 5.72. The van der Waals surface area contributed by atoms with Gasteiger partial charge in [-0.25, -0.2) is 0 Å². The molecule has 0 fully saturated rings. The van der Waals surface area contributed by atoms with Gasteiger partial charge in [-0.1, -0.05) is 67.0 Å². The molecule has 1 aliphatic heterocycles. The third-order valence-electron chi connectivity index (χ3n) is 5.99. The standard InChI is InChI=1S/C25H27Cl2N5O2S/c1-3-31(4-2)13-14-35-25-30-29-24-20(10-12-22(33)34)28-23(17-7-5-6-8-19(17)27)18-15-16(26)9-11-21(18)32(24)25/h5-9,11,15,20H,3-4,10,12-14H2,1-2H3,(H,33,34)/t20-/m0/s1. The average molecular weight is 532 g/mol. The molecule has 1 aromatic heterocycles. The molecule has 2 heterocycles. The van der Waals surface area contributed by atoms with Crippen molar-refractivity contribution in [3.8, 4) is 5.69 Å². The number of benzene rings is 2. The summed E-state index contributed by atoms with van der Waals surface area (Å²) < 4.78 is 2.00. The van der Waals surface area contributed by atoms with Crippen LogP contribution < -0.4 is 0 Å². The second-order valence-electron chi connectivity index (χ2n) is 8.12. The first-order valence-electron chi connectivity index (χ1n) is 11.6. The van der Waals surface area contributed by atoms with E-state index in [9.17, 15) is 9.90 Å². The van der Waals surface area contributed by atoms with Crippen molar-refractivity contribution >= 4 is 46.6 Å². The van der Waals surface area contributed by atoms with E-state index in [-0.39, 0.29) is 12.8 Å². The fourth-order valence-electron chi connectivity index (χ4n) is 4.12. The maximum atomic E-state index is 11.4. The van der Waals surface area contributed by atoms with Crippen molar-refractivity contribution in [2.24, 2.45) is 4.99 Å². The zero-order chi connectivity index (χ0) is 24.9. The Morgan fingerprint density at radius 2 is 1.89 bits per heavy atom. The molecule has 0 spiro atoms. The molecule has 1 aliphatic rings. The number of rotatable bonds is 10. The van der Waals surface area contributed by atoms with Gasteiger partial charge in [-0.05, 0) is 43.8 Å². The molecule has 3 aromatic rings. The van der Waals surface area contributed by atoms with Gasteiger partial charge in [-0.3, -0.25) is 14.4 Å². The molecule has 0 saturated heterocycles. The maximum absolute atomic E-state index is 11.4. The SMILES string of the molecule is CCN(CC)CCSc1nnc2n1-c1ccc(Cl)cc1C(c1ccccc1Cl)=N[C@H]2CCC(=O)O. The van der Waals surface area contributed by atoms with Gasteiger partial charge in [0.05, 0.1) is 11.4 Å². The first-order valence-corrected chi connectivity index (χ1v) is 13.3. The number of carbonyl (C=O) groups is 1. The smallest absolute Gasteiger partial charge is 0.303 e. The minimum absolute atomic E-state index is 0.0433. The van der Waals surface area contributed by atoms with Gasteiger partial charge < -0.3 is 10.0 Å². The van der Waals surface area contributed by atoms with E-state index in [0.29, 0.717) is 21.6 Å². The molecule has 7 nitrogen and oxygen atoms in total. The molecule has 0 radical (unpaired) electrons. The highest BCUT2D eigenvalue weighted by Crippen LogP contribution is 2.37. The predicted octanol–water partition coefficient (Wildman–Crippen LogP) is 5.76. The van der Waals surface area contributed by atoms with Gasteiger partial charge in [0.15, 0.2) is 11.0 Å². The van der Waals surface area contributed by atoms with Crippen molar-refractivity contribution in [1.29, 1.82) is 0 Å². The number of halogens is 2. The number of hydrogen-bond acceptors (Lipinski definition) is 6. The number of thioether (sulfide) groups is 1. The lowest BCUT2D eigenvalue weighted by molar-refractivity contribution is -0.137. The molecule has 2 aromatic carbocycles. The zero-order valence-corrected chi connectivity index (χ0v) is 21.9. The molecule has 4 rings (SSSR count). The van der Waals surface area contributed by atoms with Crippen molar-refractivity contribution in [3.63, 3.8) is 0 Å². The van der Waals surface area contributed by atoms with Gasteiger partial charge in [0, 0.05) is 39.9 Å². The van der Waals surface area contributed by atoms with E-state index in [2.05, 4.69) is 28.9 Å². The molecule has 1 atom stereocenters. The molecular formula is C25H27Cl2N5O2S. The van der Waals surface area contributed by atoms with E-state index >= 15 is 0 Å². The van der Waals surface area contributed by atoms with E-state index in [0.717, 1.165) is 47.4 Å². The minimum atomic E-state index is -0.885. The minimum Gasteiger partial charge on any atom is -0.481 e. The number of nitrogens with zero attached hydrogens (tertiary/aromatic N) is 5.